The summed E-state index contributed by atoms with van der Waals surface area (Å²) in [6.45, 7) is 3.48. The molecule has 5 nitrogen and oxygen atoms in total. The molecule has 0 saturated carbocycles. The quantitative estimate of drug-likeness (QED) is 0.668. The lowest BCUT2D eigenvalue weighted by Crippen LogP contribution is -2.46. The highest BCUT2D eigenvalue weighted by atomic mass is 16.6. The van der Waals surface area contributed by atoms with Crippen molar-refractivity contribution in [2.45, 2.75) is 44.2 Å². The van der Waals surface area contributed by atoms with Crippen molar-refractivity contribution in [3.05, 3.63) is 39.9 Å². The van der Waals surface area contributed by atoms with Gasteiger partial charge < -0.3 is 10.2 Å². The molecule has 0 aromatic heterocycles. The number of piperidine rings is 1. The van der Waals surface area contributed by atoms with Crippen LogP contribution in [0.15, 0.2) is 24.3 Å². The van der Waals surface area contributed by atoms with Crippen LogP contribution in [0.3, 0.4) is 0 Å². The average molecular weight is 289 g/mol. The Hall–Kier alpha value is -1.46. The summed E-state index contributed by atoms with van der Waals surface area (Å²) in [5.41, 5.74) is 1.33. The number of rotatable bonds is 5. The third-order valence-corrected chi connectivity index (χ3v) is 4.81. The molecule has 0 bridgehead atoms. The predicted molar refractivity (Wildman–Crippen MR) is 82.4 cm³/mol. The zero-order valence-corrected chi connectivity index (χ0v) is 12.3. The van der Waals surface area contributed by atoms with Gasteiger partial charge in [-0.3, -0.25) is 10.1 Å². The van der Waals surface area contributed by atoms with Crippen LogP contribution in [0, 0.1) is 10.1 Å². The smallest absolute Gasteiger partial charge is 0.269 e. The molecule has 2 saturated heterocycles. The number of benzene rings is 1. The maximum atomic E-state index is 10.6. The molecule has 0 spiro atoms. The van der Waals surface area contributed by atoms with E-state index < -0.39 is 0 Å². The second-order valence-corrected chi connectivity index (χ2v) is 6.18. The lowest BCUT2D eigenvalue weighted by molar-refractivity contribution is -0.384. The van der Waals surface area contributed by atoms with Crippen molar-refractivity contribution in [2.24, 2.45) is 0 Å². The minimum absolute atomic E-state index is 0.167. The number of nitro benzene ring substituents is 1. The van der Waals surface area contributed by atoms with E-state index in [1.165, 1.54) is 38.8 Å². The number of nitro groups is 1. The van der Waals surface area contributed by atoms with E-state index in [1.807, 2.05) is 12.1 Å². The van der Waals surface area contributed by atoms with Crippen LogP contribution < -0.4 is 5.32 Å². The maximum Gasteiger partial charge on any atom is 0.269 e. The standard InChI is InChI=1S/C16H23N3O2/c20-19(21)15-5-3-13(4-6-15)7-9-17-14-8-11-18-10-1-2-16(18)12-14/h3-6,14,16-17H,1-2,7-12H2. The lowest BCUT2D eigenvalue weighted by atomic mass is 9.97. The number of fused-ring (bicyclic) bond motifs is 1. The zero-order chi connectivity index (χ0) is 14.7. The molecule has 0 amide bonds. The van der Waals surface area contributed by atoms with Crippen LogP contribution in [0.1, 0.15) is 31.2 Å². The number of nitrogens with one attached hydrogen (secondary N) is 1. The Morgan fingerprint density at radius 2 is 2.05 bits per heavy atom. The predicted octanol–water partition coefficient (Wildman–Crippen LogP) is 2.35. The van der Waals surface area contributed by atoms with Gasteiger partial charge in [0.05, 0.1) is 4.92 Å². The second-order valence-electron chi connectivity index (χ2n) is 6.18. The van der Waals surface area contributed by atoms with Gasteiger partial charge in [0.1, 0.15) is 0 Å². The maximum absolute atomic E-state index is 10.6. The van der Waals surface area contributed by atoms with Crippen LogP contribution in [0.25, 0.3) is 0 Å². The largest absolute Gasteiger partial charge is 0.314 e. The van der Waals surface area contributed by atoms with Gasteiger partial charge in [0.2, 0.25) is 0 Å². The normalized spacial score (nSPS) is 25.7. The molecule has 5 heteroatoms. The molecule has 2 unspecified atom stereocenters. The molecule has 114 valence electrons. The van der Waals surface area contributed by atoms with Crippen molar-refractivity contribution >= 4 is 5.69 Å². The molecular weight excluding hydrogens is 266 g/mol. The highest BCUT2D eigenvalue weighted by molar-refractivity contribution is 5.32. The van der Waals surface area contributed by atoms with Crippen molar-refractivity contribution in [2.75, 3.05) is 19.6 Å². The summed E-state index contributed by atoms with van der Waals surface area (Å²) in [6.07, 6.45) is 6.18. The fraction of sp³-hybridized carbons (Fsp3) is 0.625. The number of non-ortho nitro benzene ring substituents is 1. The van der Waals surface area contributed by atoms with Gasteiger partial charge in [0.15, 0.2) is 0 Å². The van der Waals surface area contributed by atoms with Crippen LogP contribution >= 0.6 is 0 Å². The van der Waals surface area contributed by atoms with Gasteiger partial charge in [-0.2, -0.15) is 0 Å². The Morgan fingerprint density at radius 1 is 1.24 bits per heavy atom. The molecule has 1 aromatic rings. The van der Waals surface area contributed by atoms with Crippen molar-refractivity contribution in [1.82, 2.24) is 10.2 Å². The third kappa shape index (κ3) is 3.60. The lowest BCUT2D eigenvalue weighted by Gasteiger charge is -2.35. The molecule has 1 N–H and O–H groups in total. The highest BCUT2D eigenvalue weighted by Crippen LogP contribution is 2.26. The van der Waals surface area contributed by atoms with Crippen molar-refractivity contribution < 1.29 is 4.92 Å². The molecule has 1 aromatic carbocycles. The van der Waals surface area contributed by atoms with Crippen LogP contribution in [0.4, 0.5) is 5.69 Å². The molecule has 21 heavy (non-hydrogen) atoms. The number of hydrogen-bond donors (Lipinski definition) is 1. The third-order valence-electron chi connectivity index (χ3n) is 4.81. The first-order valence-corrected chi connectivity index (χ1v) is 7.93. The van der Waals surface area contributed by atoms with Gasteiger partial charge in [-0.1, -0.05) is 12.1 Å². The molecular formula is C16H23N3O2. The summed E-state index contributed by atoms with van der Waals surface area (Å²) >= 11 is 0. The van der Waals surface area contributed by atoms with Gasteiger partial charge in [0, 0.05) is 24.2 Å². The number of nitrogens with zero attached hydrogens (tertiary/aromatic N) is 2. The first-order valence-electron chi connectivity index (χ1n) is 7.93. The van der Waals surface area contributed by atoms with Crippen molar-refractivity contribution in [3.63, 3.8) is 0 Å². The summed E-state index contributed by atoms with van der Waals surface area (Å²) in [6, 6.07) is 8.34. The van der Waals surface area contributed by atoms with Gasteiger partial charge in [-0.05, 0) is 57.3 Å². The SMILES string of the molecule is O=[N+]([O-])c1ccc(CCNC2CCN3CCCC3C2)cc1. The van der Waals surface area contributed by atoms with E-state index in [2.05, 4.69) is 10.2 Å². The average Bonchev–Trinajstić information content (AvgIpc) is 2.95. The summed E-state index contributed by atoms with van der Waals surface area (Å²) in [5.74, 6) is 0. The first kappa shape index (κ1) is 14.5. The fourth-order valence-corrected chi connectivity index (χ4v) is 3.61. The monoisotopic (exact) mass is 289 g/mol. The summed E-state index contributed by atoms with van der Waals surface area (Å²) < 4.78 is 0. The second kappa shape index (κ2) is 6.54. The van der Waals surface area contributed by atoms with Crippen molar-refractivity contribution in [1.29, 1.82) is 0 Å². The Kier molecular flexibility index (Phi) is 4.51. The molecule has 0 radical (unpaired) electrons. The molecule has 2 heterocycles. The molecule has 2 aliphatic heterocycles. The van der Waals surface area contributed by atoms with E-state index >= 15 is 0 Å². The minimum Gasteiger partial charge on any atom is -0.314 e. The van der Waals surface area contributed by atoms with Gasteiger partial charge >= 0.3 is 0 Å². The van der Waals surface area contributed by atoms with E-state index in [4.69, 9.17) is 0 Å². The van der Waals surface area contributed by atoms with E-state index in [-0.39, 0.29) is 10.6 Å². The van der Waals surface area contributed by atoms with Crippen LogP contribution in [0.2, 0.25) is 0 Å². The Balaban J connectivity index is 1.42. The summed E-state index contributed by atoms with van der Waals surface area (Å²) in [7, 11) is 0. The van der Waals surface area contributed by atoms with Crippen LogP contribution in [-0.2, 0) is 6.42 Å². The topological polar surface area (TPSA) is 58.4 Å². The minimum atomic E-state index is -0.350. The van der Waals surface area contributed by atoms with Gasteiger partial charge in [-0.15, -0.1) is 0 Å². The molecule has 2 fully saturated rings. The van der Waals surface area contributed by atoms with E-state index in [0.29, 0.717) is 6.04 Å². The highest BCUT2D eigenvalue weighted by Gasteiger charge is 2.31. The summed E-state index contributed by atoms with van der Waals surface area (Å²) in [4.78, 5) is 12.9. The Morgan fingerprint density at radius 3 is 2.81 bits per heavy atom. The van der Waals surface area contributed by atoms with E-state index in [1.54, 1.807) is 12.1 Å². The first-order chi connectivity index (χ1) is 10.2. The number of hydrogen-bond acceptors (Lipinski definition) is 4. The zero-order valence-electron chi connectivity index (χ0n) is 12.3. The van der Waals surface area contributed by atoms with E-state index in [9.17, 15) is 10.1 Å². The van der Waals surface area contributed by atoms with Gasteiger partial charge in [-0.25, -0.2) is 0 Å². The van der Waals surface area contributed by atoms with Gasteiger partial charge in [0.25, 0.3) is 5.69 Å². The molecule has 2 atom stereocenters. The van der Waals surface area contributed by atoms with Crippen LogP contribution in [0.5, 0.6) is 0 Å². The Labute approximate surface area is 125 Å². The fourth-order valence-electron chi connectivity index (χ4n) is 3.61. The molecule has 0 aliphatic carbocycles. The summed E-state index contributed by atoms with van der Waals surface area (Å²) in [5, 5.41) is 14.3. The van der Waals surface area contributed by atoms with Crippen LogP contribution in [-0.4, -0.2) is 41.5 Å². The molecule has 3 rings (SSSR count). The Bertz CT molecular complexity index is 489. The van der Waals surface area contributed by atoms with E-state index in [0.717, 1.165) is 24.6 Å². The van der Waals surface area contributed by atoms with Crippen molar-refractivity contribution in [3.8, 4) is 0 Å². The molecule has 2 aliphatic rings.